The van der Waals surface area contributed by atoms with Crippen molar-refractivity contribution in [3.8, 4) is 0 Å². The monoisotopic (exact) mass is 391 g/mol. The highest BCUT2D eigenvalue weighted by molar-refractivity contribution is 6.18. The lowest BCUT2D eigenvalue weighted by Crippen LogP contribution is -2.42. The maximum Gasteiger partial charge on any atom is 0.252 e. The largest absolute Gasteiger partial charge is 0.365 e. The van der Waals surface area contributed by atoms with E-state index < -0.39 is 5.91 Å². The molecule has 2 aromatic heterocycles. The third-order valence-corrected chi connectivity index (χ3v) is 6.79. The van der Waals surface area contributed by atoms with Crippen molar-refractivity contribution < 1.29 is 9.59 Å². The fourth-order valence-corrected chi connectivity index (χ4v) is 5.06. The fourth-order valence-electron chi connectivity index (χ4n) is 5.06. The highest BCUT2D eigenvalue weighted by Crippen LogP contribution is 2.43. The first-order valence-corrected chi connectivity index (χ1v) is 10.2. The Bertz CT molecular complexity index is 1130. The Morgan fingerprint density at radius 3 is 2.55 bits per heavy atom. The number of anilines is 1. The molecule has 2 aliphatic rings. The summed E-state index contributed by atoms with van der Waals surface area (Å²) in [4.78, 5) is 36.0. The number of benzene rings is 1. The summed E-state index contributed by atoms with van der Waals surface area (Å²) in [6, 6.07) is 8.03. The number of carbonyl (C=O) groups excluding carboxylic acids is 2. The first-order valence-electron chi connectivity index (χ1n) is 10.2. The first-order chi connectivity index (χ1) is 14.0. The number of H-pyrrole nitrogens is 1. The number of fused-ring (bicyclic) bond motifs is 3. The Balaban J connectivity index is 1.51. The number of aromatic nitrogens is 2. The lowest BCUT2D eigenvalue weighted by atomic mass is 9.77. The molecule has 1 spiro atoms. The second-order valence-corrected chi connectivity index (χ2v) is 8.46. The normalized spacial score (nSPS) is 18.8. The molecule has 0 unspecified atom stereocenters. The number of hydrogen-bond donors (Lipinski definition) is 2. The summed E-state index contributed by atoms with van der Waals surface area (Å²) in [5.74, 6) is 0.598. The maximum absolute atomic E-state index is 12.0. The van der Waals surface area contributed by atoms with Crippen molar-refractivity contribution in [1.29, 1.82) is 0 Å². The molecule has 150 valence electrons. The van der Waals surface area contributed by atoms with E-state index in [1.165, 1.54) is 0 Å². The predicted molar refractivity (Wildman–Crippen MR) is 113 cm³/mol. The molecule has 2 aliphatic heterocycles. The van der Waals surface area contributed by atoms with Crippen LogP contribution in [0.3, 0.4) is 0 Å². The molecule has 7 heteroatoms. The molecule has 7 nitrogen and oxygen atoms in total. The van der Waals surface area contributed by atoms with Crippen molar-refractivity contribution in [1.82, 2.24) is 14.9 Å². The topological polar surface area (TPSA) is 95.3 Å². The summed E-state index contributed by atoms with van der Waals surface area (Å²) < 4.78 is 0. The highest BCUT2D eigenvalue weighted by Gasteiger charge is 2.41. The van der Waals surface area contributed by atoms with Crippen LogP contribution >= 0.6 is 0 Å². The van der Waals surface area contributed by atoms with Gasteiger partial charge in [-0.05, 0) is 30.7 Å². The van der Waals surface area contributed by atoms with Gasteiger partial charge in [-0.15, -0.1) is 0 Å². The quantitative estimate of drug-likeness (QED) is 0.702. The third-order valence-electron chi connectivity index (χ3n) is 6.79. The van der Waals surface area contributed by atoms with Crippen molar-refractivity contribution >= 4 is 39.4 Å². The van der Waals surface area contributed by atoms with Crippen LogP contribution in [0.4, 0.5) is 5.82 Å². The number of piperidine rings is 1. The van der Waals surface area contributed by atoms with Gasteiger partial charge in [0.15, 0.2) is 0 Å². The molecule has 0 bridgehead atoms. The first kappa shape index (κ1) is 18.0. The van der Waals surface area contributed by atoms with Gasteiger partial charge in [0.2, 0.25) is 5.91 Å². The molecular formula is C22H25N5O2. The van der Waals surface area contributed by atoms with Gasteiger partial charge in [-0.1, -0.05) is 18.2 Å². The molecule has 3 N–H and O–H groups in total. The Morgan fingerprint density at radius 2 is 1.86 bits per heavy atom. The summed E-state index contributed by atoms with van der Waals surface area (Å²) in [5.41, 5.74) is 7.98. The van der Waals surface area contributed by atoms with E-state index in [1.807, 2.05) is 23.1 Å². The van der Waals surface area contributed by atoms with Gasteiger partial charge in [-0.3, -0.25) is 9.59 Å². The van der Waals surface area contributed by atoms with Gasteiger partial charge in [0.25, 0.3) is 5.91 Å². The number of nitrogens with one attached hydrogen (secondary N) is 1. The number of primary amides is 1. The predicted octanol–water partition coefficient (Wildman–Crippen LogP) is 2.65. The van der Waals surface area contributed by atoms with Crippen molar-refractivity contribution in [3.63, 3.8) is 0 Å². The second kappa shape index (κ2) is 6.47. The molecule has 2 saturated heterocycles. The number of nitrogens with zero attached hydrogens (tertiary/aromatic N) is 3. The number of nitrogens with two attached hydrogens (primary N) is 1. The molecule has 0 aliphatic carbocycles. The van der Waals surface area contributed by atoms with Gasteiger partial charge in [0.05, 0.1) is 16.5 Å². The van der Waals surface area contributed by atoms with E-state index in [2.05, 4.69) is 20.9 Å². The van der Waals surface area contributed by atoms with Crippen LogP contribution in [0.5, 0.6) is 0 Å². The Morgan fingerprint density at radius 1 is 1.14 bits per heavy atom. The summed E-state index contributed by atoms with van der Waals surface area (Å²) in [7, 11) is 0. The average molecular weight is 391 g/mol. The van der Waals surface area contributed by atoms with Gasteiger partial charge in [0, 0.05) is 50.2 Å². The van der Waals surface area contributed by atoms with Crippen LogP contribution in [0.2, 0.25) is 0 Å². The summed E-state index contributed by atoms with van der Waals surface area (Å²) in [6.07, 6.45) is 4.75. The molecule has 0 saturated carbocycles. The number of pyridine rings is 1. The molecule has 4 heterocycles. The van der Waals surface area contributed by atoms with E-state index in [0.29, 0.717) is 5.56 Å². The van der Waals surface area contributed by atoms with Crippen LogP contribution in [0.1, 0.15) is 36.5 Å². The second-order valence-electron chi connectivity index (χ2n) is 8.46. The van der Waals surface area contributed by atoms with E-state index in [4.69, 9.17) is 5.73 Å². The van der Waals surface area contributed by atoms with Crippen LogP contribution < -0.4 is 10.6 Å². The van der Waals surface area contributed by atoms with Crippen molar-refractivity contribution in [3.05, 3.63) is 36.0 Å². The molecule has 29 heavy (non-hydrogen) atoms. The zero-order valence-electron chi connectivity index (χ0n) is 16.6. The maximum atomic E-state index is 12.0. The molecule has 2 amide bonds. The number of rotatable bonds is 2. The van der Waals surface area contributed by atoms with Crippen LogP contribution in [0.25, 0.3) is 21.8 Å². The minimum atomic E-state index is -0.478. The van der Waals surface area contributed by atoms with E-state index in [-0.39, 0.29) is 11.3 Å². The zero-order valence-corrected chi connectivity index (χ0v) is 16.6. The Hall–Kier alpha value is -3.09. The van der Waals surface area contributed by atoms with Gasteiger partial charge in [-0.2, -0.15) is 0 Å². The average Bonchev–Trinajstić information content (AvgIpc) is 3.30. The zero-order chi connectivity index (χ0) is 20.2. The van der Waals surface area contributed by atoms with Crippen LogP contribution in [-0.2, 0) is 4.79 Å². The van der Waals surface area contributed by atoms with Crippen LogP contribution in [-0.4, -0.2) is 52.9 Å². The van der Waals surface area contributed by atoms with E-state index in [1.54, 1.807) is 13.1 Å². The number of aromatic amines is 1. The molecule has 2 fully saturated rings. The van der Waals surface area contributed by atoms with E-state index >= 15 is 0 Å². The minimum absolute atomic E-state index is 0.175. The lowest BCUT2D eigenvalue weighted by Gasteiger charge is -2.40. The summed E-state index contributed by atoms with van der Waals surface area (Å²) in [5, 5.41) is 2.02. The smallest absolute Gasteiger partial charge is 0.252 e. The minimum Gasteiger partial charge on any atom is -0.365 e. The van der Waals surface area contributed by atoms with Crippen molar-refractivity contribution in [2.24, 2.45) is 11.1 Å². The number of para-hydroxylation sites is 1. The van der Waals surface area contributed by atoms with Gasteiger partial charge in [-0.25, -0.2) is 4.98 Å². The Kier molecular flexibility index (Phi) is 4.01. The number of amides is 2. The summed E-state index contributed by atoms with van der Waals surface area (Å²) in [6.45, 7) is 5.18. The third kappa shape index (κ3) is 2.84. The fraction of sp³-hybridized carbons (Fsp3) is 0.409. The molecular weight excluding hydrogens is 366 g/mol. The SMILES string of the molecule is CC(=O)N1CCC2(CCN(c3ncc(C(N)=O)c4[nH]c5ccccc5c34)CC2)C1. The standard InChI is InChI=1S/C22H25N5O2/c1-14(28)27-11-8-22(13-27)6-9-26(10-7-22)21-18-15-4-2-3-5-17(15)25-19(18)16(12-24-21)20(23)29/h2-5,12,25H,6-11,13H2,1H3,(H2,23,29). The van der Waals surface area contributed by atoms with E-state index in [9.17, 15) is 9.59 Å². The summed E-state index contributed by atoms with van der Waals surface area (Å²) >= 11 is 0. The van der Waals surface area contributed by atoms with Crippen molar-refractivity contribution in [2.75, 3.05) is 31.1 Å². The molecule has 5 rings (SSSR count). The highest BCUT2D eigenvalue weighted by atomic mass is 16.2. The molecule has 1 aromatic carbocycles. The van der Waals surface area contributed by atoms with Gasteiger partial charge < -0.3 is 20.5 Å². The van der Waals surface area contributed by atoms with Crippen LogP contribution in [0, 0.1) is 5.41 Å². The van der Waals surface area contributed by atoms with Gasteiger partial charge in [0.1, 0.15) is 5.82 Å². The van der Waals surface area contributed by atoms with Gasteiger partial charge >= 0.3 is 0 Å². The Labute approximate surface area is 168 Å². The number of hydrogen-bond acceptors (Lipinski definition) is 4. The lowest BCUT2D eigenvalue weighted by molar-refractivity contribution is -0.128. The number of likely N-dealkylation sites (tertiary alicyclic amines) is 1. The van der Waals surface area contributed by atoms with Crippen molar-refractivity contribution in [2.45, 2.75) is 26.2 Å². The molecule has 0 radical (unpaired) electrons. The molecule has 3 aromatic rings. The molecule has 0 atom stereocenters. The van der Waals surface area contributed by atoms with Crippen LogP contribution in [0.15, 0.2) is 30.5 Å². The van der Waals surface area contributed by atoms with E-state index in [0.717, 1.165) is 73.1 Å². The number of carbonyl (C=O) groups is 2.